The van der Waals surface area contributed by atoms with E-state index < -0.39 is 17.8 Å². The average Bonchev–Trinajstić information content (AvgIpc) is 3.45. The van der Waals surface area contributed by atoms with E-state index in [2.05, 4.69) is 20.5 Å². The first-order chi connectivity index (χ1) is 11.1. The predicted octanol–water partition coefficient (Wildman–Crippen LogP) is 2.01. The van der Waals surface area contributed by atoms with Crippen LogP contribution in [0.2, 0.25) is 0 Å². The fraction of sp³-hybridized carbons (Fsp3) is 0.375. The lowest BCUT2D eigenvalue weighted by Gasteiger charge is -2.05. The highest BCUT2D eigenvalue weighted by atomic mass is 16.4. The fourth-order valence-electron chi connectivity index (χ4n) is 2.67. The van der Waals surface area contributed by atoms with Crippen LogP contribution in [0.3, 0.4) is 0 Å². The van der Waals surface area contributed by atoms with Crippen LogP contribution < -0.4 is 5.32 Å². The Hall–Kier alpha value is -2.70. The van der Waals surface area contributed by atoms with Crippen LogP contribution in [-0.4, -0.2) is 32.2 Å². The number of H-pyrrole nitrogens is 1. The van der Waals surface area contributed by atoms with E-state index in [1.807, 2.05) is 12.1 Å². The van der Waals surface area contributed by atoms with Crippen molar-refractivity contribution >= 4 is 17.6 Å². The molecule has 2 atom stereocenters. The van der Waals surface area contributed by atoms with Crippen LogP contribution in [0.1, 0.15) is 31.0 Å². The molecule has 3 N–H and O–H groups in total. The van der Waals surface area contributed by atoms with Gasteiger partial charge in [0.05, 0.1) is 11.8 Å². The smallest absolute Gasteiger partial charge is 0.307 e. The molecule has 0 spiro atoms. The number of hydrogen-bond donors (Lipinski definition) is 3. The standard InChI is InChI=1S/C16H16N4O3/c21-15(11-7-12(11)16(22)23)17-10-3-1-2-9(6-10)14-18-13(19-20-14)8-4-5-8/h1-3,6,8,11-12H,4-5,7H2,(H,17,21)(H,22,23)(H,18,19,20)/t11-,12-/m1/s1. The molecule has 2 aliphatic carbocycles. The summed E-state index contributed by atoms with van der Waals surface area (Å²) in [6.45, 7) is 0. The van der Waals surface area contributed by atoms with Crippen molar-refractivity contribution in [2.24, 2.45) is 11.8 Å². The minimum absolute atomic E-state index is 0.247. The second kappa shape index (κ2) is 5.19. The number of carboxylic acids is 1. The van der Waals surface area contributed by atoms with Gasteiger partial charge in [-0.2, -0.15) is 5.10 Å². The highest BCUT2D eigenvalue weighted by Gasteiger charge is 2.48. The number of carbonyl (C=O) groups excluding carboxylic acids is 1. The zero-order valence-corrected chi connectivity index (χ0v) is 12.3. The van der Waals surface area contributed by atoms with Crippen molar-refractivity contribution in [1.29, 1.82) is 0 Å². The monoisotopic (exact) mass is 312 g/mol. The lowest BCUT2D eigenvalue weighted by Crippen LogP contribution is -2.16. The quantitative estimate of drug-likeness (QED) is 0.782. The maximum absolute atomic E-state index is 12.0. The molecule has 2 aliphatic rings. The van der Waals surface area contributed by atoms with E-state index in [0.717, 1.165) is 24.2 Å². The molecule has 118 valence electrons. The molecule has 7 nitrogen and oxygen atoms in total. The van der Waals surface area contributed by atoms with Crippen molar-refractivity contribution in [3.05, 3.63) is 30.1 Å². The van der Waals surface area contributed by atoms with E-state index in [1.165, 1.54) is 0 Å². The van der Waals surface area contributed by atoms with Crippen LogP contribution >= 0.6 is 0 Å². The topological polar surface area (TPSA) is 108 Å². The first-order valence-electron chi connectivity index (χ1n) is 7.68. The molecule has 2 fully saturated rings. The number of nitrogens with one attached hydrogen (secondary N) is 2. The van der Waals surface area contributed by atoms with E-state index in [1.54, 1.807) is 12.1 Å². The van der Waals surface area contributed by atoms with Gasteiger partial charge in [-0.25, -0.2) is 4.98 Å². The van der Waals surface area contributed by atoms with Gasteiger partial charge >= 0.3 is 5.97 Å². The number of aromatic nitrogens is 3. The number of rotatable bonds is 5. The third-order valence-electron chi connectivity index (χ3n) is 4.30. The third-order valence-corrected chi connectivity index (χ3v) is 4.30. The molecule has 1 aromatic carbocycles. The Morgan fingerprint density at radius 1 is 1.26 bits per heavy atom. The van der Waals surface area contributed by atoms with Gasteiger partial charge in [-0.3, -0.25) is 14.7 Å². The molecule has 0 unspecified atom stereocenters. The molecular formula is C16H16N4O3. The molecule has 1 aromatic heterocycles. The maximum Gasteiger partial charge on any atom is 0.307 e. The van der Waals surface area contributed by atoms with Crippen molar-refractivity contribution in [3.8, 4) is 11.4 Å². The summed E-state index contributed by atoms with van der Waals surface area (Å²) < 4.78 is 0. The van der Waals surface area contributed by atoms with E-state index >= 15 is 0 Å². The summed E-state index contributed by atoms with van der Waals surface area (Å²) >= 11 is 0. The second-order valence-corrected chi connectivity index (χ2v) is 6.18. The van der Waals surface area contributed by atoms with Crippen molar-refractivity contribution in [2.75, 3.05) is 5.32 Å². The Labute approximate surface area is 132 Å². The molecule has 4 rings (SSSR count). The SMILES string of the molecule is O=C(O)[C@@H]1C[C@H]1C(=O)Nc1cccc(-c2n[nH]c(C3CC3)n2)c1. The molecule has 2 saturated carbocycles. The van der Waals surface area contributed by atoms with Crippen LogP contribution in [0.5, 0.6) is 0 Å². The van der Waals surface area contributed by atoms with E-state index in [-0.39, 0.29) is 5.91 Å². The predicted molar refractivity (Wildman–Crippen MR) is 81.7 cm³/mol. The fourth-order valence-corrected chi connectivity index (χ4v) is 2.67. The lowest BCUT2D eigenvalue weighted by atomic mass is 10.2. The zero-order chi connectivity index (χ0) is 16.0. The summed E-state index contributed by atoms with van der Waals surface area (Å²) in [4.78, 5) is 27.3. The summed E-state index contributed by atoms with van der Waals surface area (Å²) in [5.41, 5.74) is 1.44. The Balaban J connectivity index is 1.47. The maximum atomic E-state index is 12.0. The molecule has 0 saturated heterocycles. The highest BCUT2D eigenvalue weighted by molar-refractivity contribution is 5.98. The number of anilines is 1. The number of amides is 1. The summed E-state index contributed by atoms with van der Waals surface area (Å²) in [5, 5.41) is 18.8. The van der Waals surface area contributed by atoms with Crippen molar-refractivity contribution in [3.63, 3.8) is 0 Å². The van der Waals surface area contributed by atoms with Gasteiger partial charge in [-0.05, 0) is 31.4 Å². The van der Waals surface area contributed by atoms with Crippen LogP contribution in [-0.2, 0) is 9.59 Å². The number of benzene rings is 1. The second-order valence-electron chi connectivity index (χ2n) is 6.18. The molecule has 2 aromatic rings. The van der Waals surface area contributed by atoms with Gasteiger partial charge in [-0.15, -0.1) is 0 Å². The zero-order valence-electron chi connectivity index (χ0n) is 12.3. The number of nitrogens with zero attached hydrogens (tertiary/aromatic N) is 2. The molecule has 7 heteroatoms. The largest absolute Gasteiger partial charge is 0.481 e. The van der Waals surface area contributed by atoms with Crippen LogP contribution in [0.25, 0.3) is 11.4 Å². The van der Waals surface area contributed by atoms with E-state index in [0.29, 0.717) is 23.9 Å². The summed E-state index contributed by atoms with van der Waals surface area (Å²) in [5.74, 6) is -0.111. The van der Waals surface area contributed by atoms with Gasteiger partial charge in [0.2, 0.25) is 5.91 Å². The first kappa shape index (κ1) is 13.9. The molecular weight excluding hydrogens is 296 g/mol. The Morgan fingerprint density at radius 2 is 2.09 bits per heavy atom. The molecule has 1 amide bonds. The molecule has 1 heterocycles. The summed E-state index contributed by atoms with van der Waals surface area (Å²) in [7, 11) is 0. The normalized spacial score (nSPS) is 22.6. The van der Waals surface area contributed by atoms with Crippen molar-refractivity contribution in [1.82, 2.24) is 15.2 Å². The van der Waals surface area contributed by atoms with Crippen molar-refractivity contribution in [2.45, 2.75) is 25.2 Å². The van der Waals surface area contributed by atoms with Gasteiger partial charge in [0.1, 0.15) is 5.82 Å². The summed E-state index contributed by atoms with van der Waals surface area (Å²) in [6.07, 6.45) is 2.71. The Morgan fingerprint density at radius 3 is 2.78 bits per heavy atom. The summed E-state index contributed by atoms with van der Waals surface area (Å²) in [6, 6.07) is 7.27. The molecule has 0 bridgehead atoms. The number of carbonyl (C=O) groups is 2. The minimum atomic E-state index is -0.910. The average molecular weight is 312 g/mol. The van der Waals surface area contributed by atoms with E-state index in [4.69, 9.17) is 5.11 Å². The third kappa shape index (κ3) is 2.81. The van der Waals surface area contributed by atoms with Gasteiger partial charge < -0.3 is 10.4 Å². The number of aliphatic carboxylic acids is 1. The van der Waals surface area contributed by atoms with Gasteiger partial charge in [0, 0.05) is 17.2 Å². The molecule has 0 radical (unpaired) electrons. The Bertz CT molecular complexity index is 781. The minimum Gasteiger partial charge on any atom is -0.481 e. The van der Waals surface area contributed by atoms with Gasteiger partial charge in [-0.1, -0.05) is 12.1 Å². The van der Waals surface area contributed by atoms with Crippen LogP contribution in [0.4, 0.5) is 5.69 Å². The lowest BCUT2D eigenvalue weighted by molar-refractivity contribution is -0.139. The number of hydrogen-bond acceptors (Lipinski definition) is 4. The number of aromatic amines is 1. The van der Waals surface area contributed by atoms with Crippen molar-refractivity contribution < 1.29 is 14.7 Å². The van der Waals surface area contributed by atoms with Crippen LogP contribution in [0, 0.1) is 11.8 Å². The number of carboxylic acid groups (broad SMARTS) is 1. The molecule has 23 heavy (non-hydrogen) atoms. The van der Waals surface area contributed by atoms with Crippen LogP contribution in [0.15, 0.2) is 24.3 Å². The van der Waals surface area contributed by atoms with Gasteiger partial charge in [0.15, 0.2) is 5.82 Å². The first-order valence-corrected chi connectivity index (χ1v) is 7.68. The van der Waals surface area contributed by atoms with Gasteiger partial charge in [0.25, 0.3) is 0 Å². The Kier molecular flexibility index (Phi) is 3.14. The molecule has 0 aliphatic heterocycles. The van der Waals surface area contributed by atoms with E-state index in [9.17, 15) is 9.59 Å². The highest BCUT2D eigenvalue weighted by Crippen LogP contribution is 2.40.